The molecule has 1 saturated heterocycles. The fourth-order valence-electron chi connectivity index (χ4n) is 2.49. The lowest BCUT2D eigenvalue weighted by Crippen LogP contribution is -2.37. The molecule has 0 unspecified atom stereocenters. The van der Waals surface area contributed by atoms with Gasteiger partial charge >= 0.3 is 5.97 Å². The van der Waals surface area contributed by atoms with E-state index in [9.17, 15) is 9.18 Å². The Morgan fingerprint density at radius 1 is 1.22 bits per heavy atom. The molecule has 120 valence electrons. The van der Waals surface area contributed by atoms with E-state index >= 15 is 0 Å². The number of carbonyl (C=O) groups is 1. The summed E-state index contributed by atoms with van der Waals surface area (Å²) < 4.78 is 18.5. The minimum absolute atomic E-state index is 0.301. The summed E-state index contributed by atoms with van der Waals surface area (Å²) in [5, 5.41) is 9.03. The molecule has 0 atom stereocenters. The van der Waals surface area contributed by atoms with E-state index in [0.717, 1.165) is 0 Å². The molecular formula is C16H16FN3O3. The van der Waals surface area contributed by atoms with Gasteiger partial charge in [-0.25, -0.2) is 9.37 Å². The van der Waals surface area contributed by atoms with E-state index in [4.69, 9.17) is 9.84 Å². The highest BCUT2D eigenvalue weighted by molar-refractivity contribution is 5.70. The van der Waals surface area contributed by atoms with Gasteiger partial charge in [-0.05, 0) is 37.1 Å². The van der Waals surface area contributed by atoms with Crippen LogP contribution in [0, 0.1) is 11.7 Å². The van der Waals surface area contributed by atoms with Crippen LogP contribution < -0.4 is 9.64 Å². The van der Waals surface area contributed by atoms with Crippen molar-refractivity contribution in [2.24, 2.45) is 5.92 Å². The lowest BCUT2D eigenvalue weighted by molar-refractivity contribution is -0.142. The standard InChI is InChI=1S/C16H16FN3O3/c17-12-1-3-13(4-2-12)23-14-5-8-18-16(19-14)20-9-6-11(7-10-20)15(21)22/h1-5,8,11H,6-7,9-10H2,(H,21,22). The van der Waals surface area contributed by atoms with Crippen LogP contribution in [0.5, 0.6) is 11.6 Å². The number of piperidine rings is 1. The van der Waals surface area contributed by atoms with Crippen molar-refractivity contribution in [2.75, 3.05) is 18.0 Å². The van der Waals surface area contributed by atoms with Crippen LogP contribution in [0.1, 0.15) is 12.8 Å². The molecule has 23 heavy (non-hydrogen) atoms. The van der Waals surface area contributed by atoms with Crippen molar-refractivity contribution >= 4 is 11.9 Å². The summed E-state index contributed by atoms with van der Waals surface area (Å²) >= 11 is 0. The fraction of sp³-hybridized carbons (Fsp3) is 0.312. The third kappa shape index (κ3) is 3.74. The molecule has 1 aliphatic heterocycles. The molecule has 1 aromatic carbocycles. The van der Waals surface area contributed by atoms with Crippen molar-refractivity contribution in [2.45, 2.75) is 12.8 Å². The Morgan fingerprint density at radius 3 is 2.57 bits per heavy atom. The van der Waals surface area contributed by atoms with Crippen LogP contribution in [-0.2, 0) is 4.79 Å². The zero-order chi connectivity index (χ0) is 16.2. The van der Waals surface area contributed by atoms with Crippen LogP contribution in [0.15, 0.2) is 36.5 Å². The van der Waals surface area contributed by atoms with E-state index < -0.39 is 5.97 Å². The second-order valence-corrected chi connectivity index (χ2v) is 5.35. The monoisotopic (exact) mass is 317 g/mol. The van der Waals surface area contributed by atoms with Gasteiger partial charge in [0.1, 0.15) is 11.6 Å². The Kier molecular flexibility index (Phi) is 4.36. The molecule has 0 aliphatic carbocycles. The zero-order valence-corrected chi connectivity index (χ0v) is 12.4. The summed E-state index contributed by atoms with van der Waals surface area (Å²) in [5.41, 5.74) is 0. The molecule has 0 saturated carbocycles. The Morgan fingerprint density at radius 2 is 1.91 bits per heavy atom. The summed E-state index contributed by atoms with van der Waals surface area (Å²) in [6.07, 6.45) is 2.73. The maximum absolute atomic E-state index is 12.9. The molecule has 3 rings (SSSR count). The van der Waals surface area contributed by atoms with Gasteiger partial charge in [0.2, 0.25) is 11.8 Å². The third-order valence-corrected chi connectivity index (χ3v) is 3.78. The molecule has 0 amide bonds. The number of carboxylic acids is 1. The Hall–Kier alpha value is -2.70. The molecule has 1 fully saturated rings. The average molecular weight is 317 g/mol. The summed E-state index contributed by atoms with van der Waals surface area (Å²) in [6.45, 7) is 1.19. The normalized spacial score (nSPS) is 15.4. The molecule has 0 bridgehead atoms. The quantitative estimate of drug-likeness (QED) is 0.934. The molecule has 2 aromatic rings. The number of halogens is 1. The molecule has 6 nitrogen and oxygen atoms in total. The zero-order valence-electron chi connectivity index (χ0n) is 12.4. The number of anilines is 1. The second kappa shape index (κ2) is 6.60. The first-order chi connectivity index (χ1) is 11.1. The number of hydrogen-bond donors (Lipinski definition) is 1. The molecule has 1 N–H and O–H groups in total. The van der Waals surface area contributed by atoms with Gasteiger partial charge in [-0.15, -0.1) is 0 Å². The first-order valence-electron chi connectivity index (χ1n) is 7.36. The van der Waals surface area contributed by atoms with Gasteiger partial charge < -0.3 is 14.7 Å². The van der Waals surface area contributed by atoms with Gasteiger partial charge in [0.25, 0.3) is 0 Å². The fourth-order valence-corrected chi connectivity index (χ4v) is 2.49. The number of aromatic nitrogens is 2. The van der Waals surface area contributed by atoms with Gasteiger partial charge in [0, 0.05) is 25.4 Å². The lowest BCUT2D eigenvalue weighted by atomic mass is 9.97. The largest absolute Gasteiger partial charge is 0.481 e. The number of benzene rings is 1. The SMILES string of the molecule is O=C(O)C1CCN(c2nccc(Oc3ccc(F)cc3)n2)CC1. The molecule has 7 heteroatoms. The molecule has 0 spiro atoms. The highest BCUT2D eigenvalue weighted by atomic mass is 19.1. The predicted octanol–water partition coefficient (Wildman–Crippen LogP) is 2.71. The van der Waals surface area contributed by atoms with E-state index in [1.807, 2.05) is 4.90 Å². The highest BCUT2D eigenvalue weighted by Gasteiger charge is 2.25. The average Bonchev–Trinajstić information content (AvgIpc) is 2.57. The smallest absolute Gasteiger partial charge is 0.306 e. The van der Waals surface area contributed by atoms with Gasteiger partial charge in [0.15, 0.2) is 0 Å². The first-order valence-corrected chi connectivity index (χ1v) is 7.36. The topological polar surface area (TPSA) is 75.5 Å². The maximum atomic E-state index is 12.9. The number of rotatable bonds is 4. The Balaban J connectivity index is 1.68. The first kappa shape index (κ1) is 15.2. The van der Waals surface area contributed by atoms with E-state index in [0.29, 0.717) is 43.5 Å². The predicted molar refractivity (Wildman–Crippen MR) is 81.1 cm³/mol. The van der Waals surface area contributed by atoms with E-state index in [1.54, 1.807) is 12.3 Å². The highest BCUT2D eigenvalue weighted by Crippen LogP contribution is 2.24. The second-order valence-electron chi connectivity index (χ2n) is 5.35. The lowest BCUT2D eigenvalue weighted by Gasteiger charge is -2.30. The number of nitrogens with zero attached hydrogens (tertiary/aromatic N) is 3. The number of aliphatic carboxylic acids is 1. The molecule has 2 heterocycles. The van der Waals surface area contributed by atoms with Crippen LogP contribution in [-0.4, -0.2) is 34.1 Å². The van der Waals surface area contributed by atoms with Crippen molar-refractivity contribution in [3.05, 3.63) is 42.3 Å². The van der Waals surface area contributed by atoms with Gasteiger partial charge in [-0.2, -0.15) is 4.98 Å². The van der Waals surface area contributed by atoms with Crippen molar-refractivity contribution in [3.63, 3.8) is 0 Å². The molecular weight excluding hydrogens is 301 g/mol. The summed E-state index contributed by atoms with van der Waals surface area (Å²) in [4.78, 5) is 21.5. The van der Waals surface area contributed by atoms with Gasteiger partial charge in [-0.1, -0.05) is 0 Å². The minimum Gasteiger partial charge on any atom is -0.481 e. The summed E-state index contributed by atoms with van der Waals surface area (Å²) in [5.74, 6) is -0.0260. The van der Waals surface area contributed by atoms with Crippen molar-refractivity contribution in [3.8, 4) is 11.6 Å². The van der Waals surface area contributed by atoms with Crippen LogP contribution in [0.2, 0.25) is 0 Å². The number of ether oxygens (including phenoxy) is 1. The third-order valence-electron chi connectivity index (χ3n) is 3.78. The van der Waals surface area contributed by atoms with Crippen molar-refractivity contribution in [1.82, 2.24) is 9.97 Å². The van der Waals surface area contributed by atoms with E-state index in [1.165, 1.54) is 24.3 Å². The van der Waals surface area contributed by atoms with Gasteiger partial charge in [-0.3, -0.25) is 4.79 Å². The number of hydrogen-bond acceptors (Lipinski definition) is 5. The van der Waals surface area contributed by atoms with Crippen LogP contribution in [0.4, 0.5) is 10.3 Å². The minimum atomic E-state index is -0.751. The molecule has 1 aliphatic rings. The summed E-state index contributed by atoms with van der Waals surface area (Å²) in [7, 11) is 0. The Labute approximate surface area is 132 Å². The van der Waals surface area contributed by atoms with Crippen LogP contribution >= 0.6 is 0 Å². The van der Waals surface area contributed by atoms with E-state index in [-0.39, 0.29) is 11.7 Å². The van der Waals surface area contributed by atoms with Crippen molar-refractivity contribution in [1.29, 1.82) is 0 Å². The summed E-state index contributed by atoms with van der Waals surface area (Å²) in [6, 6.07) is 7.30. The molecule has 1 aromatic heterocycles. The van der Waals surface area contributed by atoms with Crippen LogP contribution in [0.25, 0.3) is 0 Å². The van der Waals surface area contributed by atoms with Gasteiger partial charge in [0.05, 0.1) is 5.92 Å². The number of carboxylic acid groups (broad SMARTS) is 1. The van der Waals surface area contributed by atoms with Crippen LogP contribution in [0.3, 0.4) is 0 Å². The van der Waals surface area contributed by atoms with Crippen molar-refractivity contribution < 1.29 is 19.0 Å². The Bertz CT molecular complexity index is 685. The molecule has 0 radical (unpaired) electrons. The van der Waals surface area contributed by atoms with E-state index in [2.05, 4.69) is 9.97 Å². The maximum Gasteiger partial charge on any atom is 0.306 e.